The van der Waals surface area contributed by atoms with Crippen LogP contribution in [0.5, 0.6) is 0 Å². The third-order valence-electron chi connectivity index (χ3n) is 2.82. The second kappa shape index (κ2) is 5.03. The number of hydrogen-bond donors (Lipinski definition) is 1. The van der Waals surface area contributed by atoms with Gasteiger partial charge in [-0.3, -0.25) is 4.79 Å². The highest BCUT2D eigenvalue weighted by Crippen LogP contribution is 2.14. The summed E-state index contributed by atoms with van der Waals surface area (Å²) >= 11 is 0. The molecule has 6 nitrogen and oxygen atoms in total. The van der Waals surface area contributed by atoms with Gasteiger partial charge in [0.25, 0.3) is 0 Å². The maximum absolute atomic E-state index is 11.7. The van der Waals surface area contributed by atoms with E-state index in [0.29, 0.717) is 12.4 Å². The van der Waals surface area contributed by atoms with E-state index >= 15 is 0 Å². The molecule has 2 heterocycles. The molecule has 96 valence electrons. The minimum atomic E-state index is 0.0394. The summed E-state index contributed by atoms with van der Waals surface area (Å²) < 4.78 is 1.75. The molecule has 1 amide bonds. The molecule has 2 aromatic rings. The zero-order valence-electron chi connectivity index (χ0n) is 10.8. The molecule has 0 aromatic carbocycles. The molecule has 6 heteroatoms. The molecule has 0 aliphatic rings. The lowest BCUT2D eigenvalue weighted by Gasteiger charge is -2.15. The van der Waals surface area contributed by atoms with Crippen LogP contribution in [0, 0.1) is 6.92 Å². The molecule has 0 saturated heterocycles. The van der Waals surface area contributed by atoms with E-state index in [0.717, 1.165) is 11.2 Å². The fourth-order valence-corrected chi connectivity index (χ4v) is 1.65. The Hall–Kier alpha value is -2.11. The first-order valence-electron chi connectivity index (χ1n) is 5.90. The van der Waals surface area contributed by atoms with Crippen molar-refractivity contribution in [2.24, 2.45) is 0 Å². The zero-order valence-corrected chi connectivity index (χ0v) is 10.8. The Balaban J connectivity index is 2.14. The van der Waals surface area contributed by atoms with Gasteiger partial charge in [0.2, 0.25) is 5.91 Å². The SMILES string of the molecule is CCN(C)C(=O)CNc1nccn2nc(C)cc12. The van der Waals surface area contributed by atoms with Crippen molar-refractivity contribution in [1.29, 1.82) is 0 Å². The number of fused-ring (bicyclic) bond motifs is 1. The fourth-order valence-electron chi connectivity index (χ4n) is 1.65. The van der Waals surface area contributed by atoms with Crippen molar-refractivity contribution in [3.05, 3.63) is 24.2 Å². The van der Waals surface area contributed by atoms with Crippen LogP contribution in [0.2, 0.25) is 0 Å². The van der Waals surface area contributed by atoms with Crippen molar-refractivity contribution in [2.75, 3.05) is 25.5 Å². The van der Waals surface area contributed by atoms with E-state index in [1.807, 2.05) is 19.9 Å². The maximum Gasteiger partial charge on any atom is 0.241 e. The highest BCUT2D eigenvalue weighted by Gasteiger charge is 2.09. The summed E-state index contributed by atoms with van der Waals surface area (Å²) in [6, 6.07) is 1.93. The molecule has 0 saturated carbocycles. The summed E-state index contributed by atoms with van der Waals surface area (Å²) in [6.07, 6.45) is 3.45. The standard InChI is InChI=1S/C12H17N5O/c1-4-16(3)11(18)8-14-12-10-7-9(2)15-17(10)6-5-13-12/h5-7H,4,8H2,1-3H3,(H,13,14). The maximum atomic E-state index is 11.7. The smallest absolute Gasteiger partial charge is 0.241 e. The Bertz CT molecular complexity index is 563. The number of aromatic nitrogens is 3. The predicted octanol–water partition coefficient (Wildman–Crippen LogP) is 0.928. The lowest BCUT2D eigenvalue weighted by molar-refractivity contribution is -0.127. The Morgan fingerprint density at radius 1 is 1.56 bits per heavy atom. The van der Waals surface area contributed by atoms with E-state index in [9.17, 15) is 4.79 Å². The molecule has 0 unspecified atom stereocenters. The normalized spacial score (nSPS) is 10.6. The first kappa shape index (κ1) is 12.3. The fraction of sp³-hybridized carbons (Fsp3) is 0.417. The lowest BCUT2D eigenvalue weighted by atomic mass is 10.4. The first-order valence-corrected chi connectivity index (χ1v) is 5.90. The quantitative estimate of drug-likeness (QED) is 0.873. The zero-order chi connectivity index (χ0) is 13.1. The van der Waals surface area contributed by atoms with Crippen LogP contribution in [0.1, 0.15) is 12.6 Å². The van der Waals surface area contributed by atoms with Crippen LogP contribution in [0.15, 0.2) is 18.5 Å². The summed E-state index contributed by atoms with van der Waals surface area (Å²) in [5, 5.41) is 7.35. The van der Waals surface area contributed by atoms with Crippen LogP contribution in [0.4, 0.5) is 5.82 Å². The summed E-state index contributed by atoms with van der Waals surface area (Å²) in [4.78, 5) is 17.6. The minimum Gasteiger partial charge on any atom is -0.359 e. The molecule has 0 fully saturated rings. The monoisotopic (exact) mass is 247 g/mol. The molecular formula is C12H17N5O. The van der Waals surface area contributed by atoms with Gasteiger partial charge < -0.3 is 10.2 Å². The van der Waals surface area contributed by atoms with Crippen molar-refractivity contribution < 1.29 is 4.79 Å². The van der Waals surface area contributed by atoms with Crippen LogP contribution in [0.3, 0.4) is 0 Å². The average Bonchev–Trinajstić information content (AvgIpc) is 2.75. The van der Waals surface area contributed by atoms with Gasteiger partial charge in [0.15, 0.2) is 5.82 Å². The number of nitrogens with zero attached hydrogens (tertiary/aromatic N) is 4. The molecule has 0 atom stereocenters. The summed E-state index contributed by atoms with van der Waals surface area (Å²) in [7, 11) is 1.78. The van der Waals surface area contributed by atoms with Gasteiger partial charge in [0.1, 0.15) is 5.52 Å². The molecule has 2 rings (SSSR count). The summed E-state index contributed by atoms with van der Waals surface area (Å²) in [5.74, 6) is 0.716. The number of anilines is 1. The van der Waals surface area contributed by atoms with E-state index in [1.54, 1.807) is 28.9 Å². The van der Waals surface area contributed by atoms with Crippen molar-refractivity contribution in [3.63, 3.8) is 0 Å². The van der Waals surface area contributed by atoms with Crippen molar-refractivity contribution in [3.8, 4) is 0 Å². The molecule has 1 N–H and O–H groups in total. The Labute approximate surface area is 106 Å². The number of amides is 1. The Morgan fingerprint density at radius 3 is 3.06 bits per heavy atom. The number of carbonyl (C=O) groups excluding carboxylic acids is 1. The second-order valence-electron chi connectivity index (χ2n) is 4.15. The van der Waals surface area contributed by atoms with Gasteiger partial charge in [-0.2, -0.15) is 5.10 Å². The third kappa shape index (κ3) is 2.42. The van der Waals surface area contributed by atoms with Crippen molar-refractivity contribution in [2.45, 2.75) is 13.8 Å². The molecule has 0 aliphatic carbocycles. The first-order chi connectivity index (χ1) is 8.61. The Kier molecular flexibility index (Phi) is 3.45. The third-order valence-corrected chi connectivity index (χ3v) is 2.82. The second-order valence-corrected chi connectivity index (χ2v) is 4.15. The Morgan fingerprint density at radius 2 is 2.33 bits per heavy atom. The largest absolute Gasteiger partial charge is 0.359 e. The van der Waals surface area contributed by atoms with Gasteiger partial charge in [0, 0.05) is 26.0 Å². The molecule has 2 aromatic heterocycles. The van der Waals surface area contributed by atoms with Gasteiger partial charge >= 0.3 is 0 Å². The van der Waals surface area contributed by atoms with Gasteiger partial charge in [-0.05, 0) is 19.9 Å². The van der Waals surface area contributed by atoms with Gasteiger partial charge in [-0.1, -0.05) is 0 Å². The van der Waals surface area contributed by atoms with E-state index in [1.165, 1.54) is 0 Å². The van der Waals surface area contributed by atoms with E-state index in [2.05, 4.69) is 15.4 Å². The highest BCUT2D eigenvalue weighted by atomic mass is 16.2. The van der Waals surface area contributed by atoms with Gasteiger partial charge in [-0.15, -0.1) is 0 Å². The molecule has 18 heavy (non-hydrogen) atoms. The number of aryl methyl sites for hydroxylation is 1. The highest BCUT2D eigenvalue weighted by molar-refractivity contribution is 5.82. The summed E-state index contributed by atoms with van der Waals surface area (Å²) in [5.41, 5.74) is 1.80. The molecule has 0 aliphatic heterocycles. The van der Waals surface area contributed by atoms with Crippen molar-refractivity contribution >= 4 is 17.2 Å². The van der Waals surface area contributed by atoms with Crippen molar-refractivity contribution in [1.82, 2.24) is 19.5 Å². The number of carbonyl (C=O) groups is 1. The topological polar surface area (TPSA) is 62.5 Å². The van der Waals surface area contributed by atoms with Crippen LogP contribution >= 0.6 is 0 Å². The van der Waals surface area contributed by atoms with E-state index < -0.39 is 0 Å². The molecule has 0 radical (unpaired) electrons. The number of nitrogens with one attached hydrogen (secondary N) is 1. The number of rotatable bonds is 4. The average molecular weight is 247 g/mol. The summed E-state index contributed by atoms with van der Waals surface area (Å²) in [6.45, 7) is 4.80. The van der Waals surface area contributed by atoms with Crippen LogP contribution < -0.4 is 5.32 Å². The van der Waals surface area contributed by atoms with Crippen LogP contribution in [-0.2, 0) is 4.79 Å². The predicted molar refractivity (Wildman–Crippen MR) is 69.5 cm³/mol. The van der Waals surface area contributed by atoms with E-state index in [-0.39, 0.29) is 12.5 Å². The number of hydrogen-bond acceptors (Lipinski definition) is 4. The van der Waals surface area contributed by atoms with E-state index in [4.69, 9.17) is 0 Å². The lowest BCUT2D eigenvalue weighted by Crippen LogP contribution is -2.32. The van der Waals surface area contributed by atoms with Crippen LogP contribution in [-0.4, -0.2) is 45.5 Å². The molecule has 0 spiro atoms. The molecular weight excluding hydrogens is 230 g/mol. The van der Waals surface area contributed by atoms with Gasteiger partial charge in [0.05, 0.1) is 12.2 Å². The van der Waals surface area contributed by atoms with Crippen LogP contribution in [0.25, 0.3) is 5.52 Å². The minimum absolute atomic E-state index is 0.0394. The molecule has 0 bridgehead atoms. The number of likely N-dealkylation sites (N-methyl/N-ethyl adjacent to an activating group) is 1. The van der Waals surface area contributed by atoms with Gasteiger partial charge in [-0.25, -0.2) is 9.50 Å².